The Labute approximate surface area is 70.4 Å². The normalized spacial score (nSPS) is 10.6. The molecule has 0 radical (unpaired) electrons. The molecule has 0 aliphatic carbocycles. The Balaban J connectivity index is 3.87. The van der Waals surface area contributed by atoms with Crippen LogP contribution >= 0.6 is 0 Å². The minimum absolute atomic E-state index is 0.594. The van der Waals surface area contributed by atoms with Gasteiger partial charge in [-0.15, -0.1) is 0 Å². The van der Waals surface area contributed by atoms with Crippen molar-refractivity contribution in [2.24, 2.45) is 0 Å². The quantitative estimate of drug-likeness (QED) is 0.548. The SMILES string of the molecule is C=CC(=C)CN(CC)C(C)C. The Morgan fingerprint density at radius 3 is 2.36 bits per heavy atom. The maximum atomic E-state index is 3.88. The first-order valence-corrected chi connectivity index (χ1v) is 4.16. The van der Waals surface area contributed by atoms with E-state index in [0.717, 1.165) is 18.7 Å². The molecule has 64 valence electrons. The first-order chi connectivity index (χ1) is 5.11. The Hall–Kier alpha value is -0.560. The smallest absolute Gasteiger partial charge is 0.0230 e. The first kappa shape index (κ1) is 10.4. The highest BCUT2D eigenvalue weighted by Crippen LogP contribution is 2.02. The zero-order chi connectivity index (χ0) is 8.85. The van der Waals surface area contributed by atoms with Crippen molar-refractivity contribution in [1.29, 1.82) is 0 Å². The van der Waals surface area contributed by atoms with Gasteiger partial charge in [-0.2, -0.15) is 0 Å². The van der Waals surface area contributed by atoms with Gasteiger partial charge in [-0.05, 0) is 26.0 Å². The third kappa shape index (κ3) is 3.99. The first-order valence-electron chi connectivity index (χ1n) is 4.16. The lowest BCUT2D eigenvalue weighted by atomic mass is 10.2. The molecule has 0 unspecified atom stereocenters. The van der Waals surface area contributed by atoms with Crippen LogP contribution in [0.15, 0.2) is 24.8 Å². The van der Waals surface area contributed by atoms with E-state index in [1.54, 1.807) is 0 Å². The van der Waals surface area contributed by atoms with Crippen LogP contribution in [0, 0.1) is 0 Å². The van der Waals surface area contributed by atoms with Crippen molar-refractivity contribution in [3.8, 4) is 0 Å². The number of rotatable bonds is 5. The zero-order valence-electron chi connectivity index (χ0n) is 7.93. The molecule has 0 bridgehead atoms. The molecule has 0 spiro atoms. The molecule has 0 aromatic carbocycles. The van der Waals surface area contributed by atoms with Gasteiger partial charge in [0.05, 0.1) is 0 Å². The van der Waals surface area contributed by atoms with Crippen LogP contribution in [0.25, 0.3) is 0 Å². The van der Waals surface area contributed by atoms with E-state index in [4.69, 9.17) is 0 Å². The van der Waals surface area contributed by atoms with Crippen molar-refractivity contribution in [2.45, 2.75) is 26.8 Å². The third-order valence-electron chi connectivity index (χ3n) is 1.83. The predicted molar refractivity (Wildman–Crippen MR) is 51.7 cm³/mol. The van der Waals surface area contributed by atoms with Gasteiger partial charge in [-0.1, -0.05) is 26.2 Å². The Kier molecular flexibility index (Phi) is 4.88. The van der Waals surface area contributed by atoms with E-state index >= 15 is 0 Å². The minimum Gasteiger partial charge on any atom is -0.297 e. The molecule has 11 heavy (non-hydrogen) atoms. The second kappa shape index (κ2) is 5.14. The van der Waals surface area contributed by atoms with E-state index in [0.29, 0.717) is 6.04 Å². The van der Waals surface area contributed by atoms with Crippen molar-refractivity contribution in [1.82, 2.24) is 4.90 Å². The highest BCUT2D eigenvalue weighted by Gasteiger charge is 2.05. The fraction of sp³-hybridized carbons (Fsp3) is 0.600. The zero-order valence-corrected chi connectivity index (χ0v) is 7.93. The lowest BCUT2D eigenvalue weighted by Crippen LogP contribution is -2.31. The Bertz CT molecular complexity index is 136. The highest BCUT2D eigenvalue weighted by molar-refractivity contribution is 5.12. The van der Waals surface area contributed by atoms with Crippen molar-refractivity contribution < 1.29 is 0 Å². The Morgan fingerprint density at radius 2 is 2.09 bits per heavy atom. The van der Waals surface area contributed by atoms with Gasteiger partial charge in [0.15, 0.2) is 0 Å². The summed E-state index contributed by atoms with van der Waals surface area (Å²) in [7, 11) is 0. The summed E-state index contributed by atoms with van der Waals surface area (Å²) in [6, 6.07) is 0.594. The molecule has 0 saturated heterocycles. The summed E-state index contributed by atoms with van der Waals surface area (Å²) in [5, 5.41) is 0. The highest BCUT2D eigenvalue weighted by atomic mass is 15.1. The number of likely N-dealkylation sites (N-methyl/N-ethyl adjacent to an activating group) is 1. The summed E-state index contributed by atoms with van der Waals surface area (Å²) in [5.74, 6) is 0. The van der Waals surface area contributed by atoms with Gasteiger partial charge >= 0.3 is 0 Å². The number of hydrogen-bond donors (Lipinski definition) is 0. The summed E-state index contributed by atoms with van der Waals surface area (Å²) in [6.45, 7) is 16.1. The van der Waals surface area contributed by atoms with Crippen LogP contribution in [0.5, 0.6) is 0 Å². The van der Waals surface area contributed by atoms with Gasteiger partial charge in [0.25, 0.3) is 0 Å². The van der Waals surface area contributed by atoms with E-state index in [1.165, 1.54) is 0 Å². The summed E-state index contributed by atoms with van der Waals surface area (Å²) >= 11 is 0. The van der Waals surface area contributed by atoms with E-state index in [1.807, 2.05) is 6.08 Å². The number of hydrogen-bond acceptors (Lipinski definition) is 1. The largest absolute Gasteiger partial charge is 0.297 e. The van der Waals surface area contributed by atoms with Crippen LogP contribution < -0.4 is 0 Å². The van der Waals surface area contributed by atoms with Gasteiger partial charge in [-0.3, -0.25) is 4.90 Å². The predicted octanol–water partition coefficient (Wildman–Crippen LogP) is 2.46. The molecule has 0 aliphatic rings. The van der Waals surface area contributed by atoms with Crippen LogP contribution in [0.4, 0.5) is 0 Å². The average Bonchev–Trinajstić information content (AvgIpc) is 1.99. The number of nitrogens with zero attached hydrogens (tertiary/aromatic N) is 1. The average molecular weight is 153 g/mol. The summed E-state index contributed by atoms with van der Waals surface area (Å²) in [5.41, 5.74) is 1.10. The second-order valence-corrected chi connectivity index (χ2v) is 3.02. The molecule has 0 saturated carbocycles. The standard InChI is InChI=1S/C10H19N/c1-6-10(5)8-11(7-2)9(3)4/h6,9H,1,5,7-8H2,2-4H3. The molecule has 0 aromatic rings. The fourth-order valence-electron chi connectivity index (χ4n) is 0.985. The van der Waals surface area contributed by atoms with Crippen LogP contribution in [-0.2, 0) is 0 Å². The Morgan fingerprint density at radius 1 is 1.55 bits per heavy atom. The van der Waals surface area contributed by atoms with Crippen molar-refractivity contribution in [2.75, 3.05) is 13.1 Å². The van der Waals surface area contributed by atoms with Crippen LogP contribution in [0.2, 0.25) is 0 Å². The molecule has 0 aliphatic heterocycles. The topological polar surface area (TPSA) is 3.24 Å². The lowest BCUT2D eigenvalue weighted by Gasteiger charge is -2.24. The van der Waals surface area contributed by atoms with E-state index in [2.05, 4.69) is 38.8 Å². The molecule has 0 aromatic heterocycles. The van der Waals surface area contributed by atoms with Crippen molar-refractivity contribution in [3.05, 3.63) is 24.8 Å². The van der Waals surface area contributed by atoms with Crippen molar-refractivity contribution >= 4 is 0 Å². The third-order valence-corrected chi connectivity index (χ3v) is 1.83. The molecule has 0 fully saturated rings. The van der Waals surface area contributed by atoms with Crippen LogP contribution in [-0.4, -0.2) is 24.0 Å². The van der Waals surface area contributed by atoms with Crippen molar-refractivity contribution in [3.63, 3.8) is 0 Å². The molecular weight excluding hydrogens is 134 g/mol. The van der Waals surface area contributed by atoms with E-state index in [9.17, 15) is 0 Å². The summed E-state index contributed by atoms with van der Waals surface area (Å²) < 4.78 is 0. The van der Waals surface area contributed by atoms with E-state index < -0.39 is 0 Å². The van der Waals surface area contributed by atoms with Crippen LogP contribution in [0.3, 0.4) is 0 Å². The van der Waals surface area contributed by atoms with Crippen LogP contribution in [0.1, 0.15) is 20.8 Å². The molecule has 0 rings (SSSR count). The summed E-state index contributed by atoms with van der Waals surface area (Å²) in [4.78, 5) is 2.35. The molecular formula is C10H19N. The second-order valence-electron chi connectivity index (χ2n) is 3.02. The maximum absolute atomic E-state index is 3.88. The van der Waals surface area contributed by atoms with Gasteiger partial charge in [-0.25, -0.2) is 0 Å². The molecule has 0 atom stereocenters. The monoisotopic (exact) mass is 153 g/mol. The van der Waals surface area contributed by atoms with Gasteiger partial charge in [0, 0.05) is 12.6 Å². The summed E-state index contributed by atoms with van der Waals surface area (Å²) in [6.07, 6.45) is 1.82. The molecule has 0 heterocycles. The molecule has 1 nitrogen and oxygen atoms in total. The minimum atomic E-state index is 0.594. The van der Waals surface area contributed by atoms with Gasteiger partial charge < -0.3 is 0 Å². The van der Waals surface area contributed by atoms with Gasteiger partial charge in [0.2, 0.25) is 0 Å². The lowest BCUT2D eigenvalue weighted by molar-refractivity contribution is 0.256. The molecule has 0 amide bonds. The molecule has 0 N–H and O–H groups in total. The maximum Gasteiger partial charge on any atom is 0.0230 e. The fourth-order valence-corrected chi connectivity index (χ4v) is 0.985. The van der Waals surface area contributed by atoms with E-state index in [-0.39, 0.29) is 0 Å². The van der Waals surface area contributed by atoms with Gasteiger partial charge in [0.1, 0.15) is 0 Å². The molecule has 1 heteroatoms.